The molecule has 2 atom stereocenters. The maximum absolute atomic E-state index is 11.8. The fraction of sp³-hybridized carbons (Fsp3) is 0.296. The van der Waals surface area contributed by atoms with Gasteiger partial charge in [0.2, 0.25) is 0 Å². The normalized spacial score (nSPS) is 16.0. The molecule has 0 saturated carbocycles. The summed E-state index contributed by atoms with van der Waals surface area (Å²) in [5, 5.41) is 13.5. The molecule has 1 saturated heterocycles. The third-order valence-electron chi connectivity index (χ3n) is 6.13. The van der Waals surface area contributed by atoms with Crippen LogP contribution >= 0.6 is 0 Å². The van der Waals surface area contributed by atoms with Crippen molar-refractivity contribution in [3.05, 3.63) is 77.9 Å². The van der Waals surface area contributed by atoms with E-state index in [0.717, 1.165) is 26.6 Å². The fourth-order valence-corrected chi connectivity index (χ4v) is 5.07. The molecule has 4 rings (SSSR count). The molecule has 182 valence electrons. The number of rotatable bonds is 7. The molecule has 1 heterocycles. The first kappa shape index (κ1) is 24.9. The monoisotopic (exact) mass is 490 g/mol. The predicted molar refractivity (Wildman–Crippen MR) is 137 cm³/mol. The summed E-state index contributed by atoms with van der Waals surface area (Å²) in [6.07, 6.45) is 0.853. The van der Waals surface area contributed by atoms with Crippen molar-refractivity contribution in [2.24, 2.45) is 0 Å². The second kappa shape index (κ2) is 11.5. The summed E-state index contributed by atoms with van der Waals surface area (Å²) in [5.41, 5.74) is 2.91. The minimum absolute atomic E-state index is 0.269. The standard InChI is InChI=1S/C27H29N3O4S/c1-2-5-26(27(31)32)30(35(33)34)29-18-16-28(17-19-29)25-14-11-21(12-15-25)8-9-22-10-13-23-6-3-4-7-24(23)20-22/h3-4,6-7,10-15,20,26H,2,5,16-19H2,1H3,(H,31,32)(H,33,34)/p-1. The minimum Gasteiger partial charge on any atom is -0.759 e. The Bertz CT molecular complexity index is 1260. The van der Waals surface area contributed by atoms with Crippen LogP contribution in [0.2, 0.25) is 0 Å². The van der Waals surface area contributed by atoms with E-state index in [1.807, 2.05) is 49.4 Å². The Hall–Kier alpha value is -3.22. The number of fused-ring (bicyclic) bond motifs is 1. The van der Waals surface area contributed by atoms with Crippen LogP contribution < -0.4 is 4.90 Å². The molecule has 1 N–H and O–H groups in total. The van der Waals surface area contributed by atoms with Crippen LogP contribution in [0.1, 0.15) is 30.9 Å². The molecule has 35 heavy (non-hydrogen) atoms. The lowest BCUT2D eigenvalue weighted by atomic mass is 10.1. The van der Waals surface area contributed by atoms with Gasteiger partial charge in [0.1, 0.15) is 6.04 Å². The van der Waals surface area contributed by atoms with Gasteiger partial charge >= 0.3 is 5.97 Å². The van der Waals surface area contributed by atoms with Crippen molar-refractivity contribution in [1.29, 1.82) is 0 Å². The summed E-state index contributed by atoms with van der Waals surface area (Å²) in [6, 6.07) is 21.3. The second-order valence-corrected chi connectivity index (χ2v) is 9.27. The Labute approximate surface area is 208 Å². The topological polar surface area (TPSA) is 87.2 Å². The van der Waals surface area contributed by atoms with Gasteiger partial charge in [0.25, 0.3) is 0 Å². The molecule has 0 radical (unpaired) electrons. The van der Waals surface area contributed by atoms with Crippen molar-refractivity contribution >= 4 is 33.7 Å². The molecule has 0 spiro atoms. The number of carbonyl (C=O) groups is 1. The van der Waals surface area contributed by atoms with Crippen molar-refractivity contribution < 1.29 is 18.7 Å². The minimum atomic E-state index is -2.64. The number of hydrogen-bond acceptors (Lipinski definition) is 5. The number of carboxylic acids is 1. The molecule has 8 heteroatoms. The van der Waals surface area contributed by atoms with Gasteiger partial charge < -0.3 is 14.6 Å². The summed E-state index contributed by atoms with van der Waals surface area (Å²) in [5.74, 6) is 5.32. The first-order valence-electron chi connectivity index (χ1n) is 11.7. The summed E-state index contributed by atoms with van der Waals surface area (Å²) in [6.45, 7) is 3.87. The Morgan fingerprint density at radius 1 is 1.00 bits per heavy atom. The first-order valence-corrected chi connectivity index (χ1v) is 12.7. The highest BCUT2D eigenvalue weighted by atomic mass is 32.2. The molecule has 3 aromatic rings. The zero-order valence-electron chi connectivity index (χ0n) is 19.6. The molecule has 1 aliphatic rings. The Kier molecular flexibility index (Phi) is 8.16. The zero-order chi connectivity index (χ0) is 24.8. The number of benzene rings is 3. The van der Waals surface area contributed by atoms with Crippen LogP contribution in [0, 0.1) is 11.8 Å². The highest BCUT2D eigenvalue weighted by molar-refractivity contribution is 7.76. The van der Waals surface area contributed by atoms with E-state index in [2.05, 4.69) is 41.0 Å². The summed E-state index contributed by atoms with van der Waals surface area (Å²) >= 11 is -2.64. The molecular weight excluding hydrogens is 462 g/mol. The Balaban J connectivity index is 1.39. The molecule has 1 fully saturated rings. The fourth-order valence-electron chi connectivity index (χ4n) is 4.32. The quantitative estimate of drug-likeness (QED) is 0.402. The van der Waals surface area contributed by atoms with Gasteiger partial charge in [0.05, 0.1) is 0 Å². The van der Waals surface area contributed by atoms with E-state index in [0.29, 0.717) is 32.6 Å². The van der Waals surface area contributed by atoms with Gasteiger partial charge in [0, 0.05) is 54.3 Å². The largest absolute Gasteiger partial charge is 0.759 e. The van der Waals surface area contributed by atoms with Crippen molar-refractivity contribution in [2.45, 2.75) is 25.8 Å². The van der Waals surface area contributed by atoms with Crippen LogP contribution in [-0.4, -0.2) is 61.5 Å². The lowest BCUT2D eigenvalue weighted by Crippen LogP contribution is -2.58. The second-order valence-electron chi connectivity index (χ2n) is 8.46. The molecule has 3 aromatic carbocycles. The number of carboxylic acid groups (broad SMARTS) is 1. The zero-order valence-corrected chi connectivity index (χ0v) is 20.4. The number of piperazine rings is 1. The molecule has 0 amide bonds. The average Bonchev–Trinajstić information content (AvgIpc) is 2.87. The van der Waals surface area contributed by atoms with Crippen molar-refractivity contribution in [1.82, 2.24) is 9.42 Å². The van der Waals surface area contributed by atoms with E-state index in [-0.39, 0.29) is 6.42 Å². The SMILES string of the molecule is CCCC(C(=O)O)N(N1CCN(c2ccc(C#Cc3ccc4ccccc4c3)cc2)CC1)S(=O)[O-]. The number of hydrazine groups is 1. The van der Waals surface area contributed by atoms with E-state index in [9.17, 15) is 18.7 Å². The summed E-state index contributed by atoms with van der Waals surface area (Å²) in [7, 11) is 0. The summed E-state index contributed by atoms with van der Waals surface area (Å²) in [4.78, 5) is 13.8. The van der Waals surface area contributed by atoms with Crippen LogP contribution in [-0.2, 0) is 16.1 Å². The van der Waals surface area contributed by atoms with Gasteiger partial charge in [-0.15, -0.1) is 0 Å². The van der Waals surface area contributed by atoms with Crippen LogP contribution in [0.15, 0.2) is 66.7 Å². The van der Waals surface area contributed by atoms with Gasteiger partial charge in [-0.05, 0) is 53.6 Å². The van der Waals surface area contributed by atoms with Gasteiger partial charge in [-0.2, -0.15) is 4.41 Å². The van der Waals surface area contributed by atoms with Crippen molar-refractivity contribution in [2.75, 3.05) is 31.1 Å². The molecule has 1 aliphatic heterocycles. The van der Waals surface area contributed by atoms with Gasteiger partial charge in [-0.3, -0.25) is 9.00 Å². The van der Waals surface area contributed by atoms with E-state index in [1.165, 1.54) is 5.39 Å². The molecule has 2 unspecified atom stereocenters. The smallest absolute Gasteiger partial charge is 0.323 e. The van der Waals surface area contributed by atoms with E-state index in [4.69, 9.17) is 0 Å². The van der Waals surface area contributed by atoms with Crippen LogP contribution in [0.25, 0.3) is 10.8 Å². The van der Waals surface area contributed by atoms with Crippen LogP contribution in [0.5, 0.6) is 0 Å². The number of nitrogens with zero attached hydrogens (tertiary/aromatic N) is 3. The Morgan fingerprint density at radius 3 is 2.26 bits per heavy atom. The number of hydrogen-bond donors (Lipinski definition) is 1. The average molecular weight is 491 g/mol. The molecule has 0 bridgehead atoms. The molecule has 7 nitrogen and oxygen atoms in total. The van der Waals surface area contributed by atoms with Crippen LogP contribution in [0.4, 0.5) is 5.69 Å². The lowest BCUT2D eigenvalue weighted by Gasteiger charge is -2.44. The van der Waals surface area contributed by atoms with E-state index < -0.39 is 23.3 Å². The predicted octanol–water partition coefficient (Wildman–Crippen LogP) is 3.63. The van der Waals surface area contributed by atoms with Gasteiger partial charge in [-0.1, -0.05) is 55.5 Å². The maximum Gasteiger partial charge on any atom is 0.323 e. The van der Waals surface area contributed by atoms with Gasteiger partial charge in [0.15, 0.2) is 0 Å². The van der Waals surface area contributed by atoms with E-state index in [1.54, 1.807) is 5.01 Å². The van der Waals surface area contributed by atoms with Gasteiger partial charge in [-0.25, -0.2) is 5.01 Å². The third kappa shape index (κ3) is 6.08. The van der Waals surface area contributed by atoms with Crippen molar-refractivity contribution in [3.63, 3.8) is 0 Å². The highest BCUT2D eigenvalue weighted by Gasteiger charge is 2.32. The Morgan fingerprint density at radius 2 is 1.63 bits per heavy atom. The highest BCUT2D eigenvalue weighted by Crippen LogP contribution is 2.21. The number of anilines is 1. The third-order valence-corrected chi connectivity index (χ3v) is 6.93. The van der Waals surface area contributed by atoms with E-state index >= 15 is 0 Å². The first-order chi connectivity index (χ1) is 17.0. The lowest BCUT2D eigenvalue weighted by molar-refractivity contribution is -0.147. The van der Waals surface area contributed by atoms with Crippen molar-refractivity contribution in [3.8, 4) is 11.8 Å². The molecule has 0 aromatic heterocycles. The maximum atomic E-state index is 11.8. The molecular formula is C27H28N3O4S-. The number of aliphatic carboxylic acids is 1. The molecule has 0 aliphatic carbocycles. The summed E-state index contributed by atoms with van der Waals surface area (Å²) < 4.78 is 24.7. The van der Waals surface area contributed by atoms with Crippen LogP contribution in [0.3, 0.4) is 0 Å².